The Labute approximate surface area is 112 Å². The van der Waals surface area contributed by atoms with Crippen molar-refractivity contribution in [3.05, 3.63) is 33.3 Å². The topological polar surface area (TPSA) is 66.1 Å². The van der Waals surface area contributed by atoms with Crippen LogP contribution in [-0.2, 0) is 16.6 Å². The van der Waals surface area contributed by atoms with Gasteiger partial charge in [0, 0.05) is 13.6 Å². The molecule has 5 nitrogen and oxygen atoms in total. The largest absolute Gasteiger partial charge is 0.335 e. The van der Waals surface area contributed by atoms with E-state index in [0.29, 0.717) is 6.54 Å². The van der Waals surface area contributed by atoms with E-state index in [1.54, 1.807) is 7.05 Å². The van der Waals surface area contributed by atoms with Gasteiger partial charge < -0.3 is 4.98 Å². The lowest BCUT2D eigenvalue weighted by atomic mass is 10.3. The lowest BCUT2D eigenvalue weighted by molar-refractivity contribution is 0.465. The number of nitrogens with one attached hydrogen (secondary N) is 1. The van der Waals surface area contributed by atoms with E-state index < -0.39 is 10.0 Å². The molecular formula is C9H10BrN3O2S2. The zero-order valence-corrected chi connectivity index (χ0v) is 12.1. The molecule has 0 amide bonds. The number of rotatable bonds is 4. The first-order valence-electron chi connectivity index (χ1n) is 4.68. The first-order chi connectivity index (χ1) is 8.00. The number of nitrogens with zero attached hydrogens (tertiary/aromatic N) is 2. The molecule has 2 rings (SSSR count). The van der Waals surface area contributed by atoms with Gasteiger partial charge in [-0.2, -0.15) is 4.31 Å². The second-order valence-electron chi connectivity index (χ2n) is 3.44. The van der Waals surface area contributed by atoms with Crippen molar-refractivity contribution in [3.63, 3.8) is 0 Å². The highest BCUT2D eigenvalue weighted by molar-refractivity contribution is 9.11. The molecular weight excluding hydrogens is 326 g/mol. The first-order valence-corrected chi connectivity index (χ1v) is 7.79. The average Bonchev–Trinajstić information content (AvgIpc) is 2.89. The zero-order valence-electron chi connectivity index (χ0n) is 8.92. The number of H-pyrrole nitrogens is 1. The second kappa shape index (κ2) is 4.89. The van der Waals surface area contributed by atoms with Crippen molar-refractivity contribution in [3.8, 4) is 0 Å². The number of thiophene rings is 1. The molecule has 0 unspecified atom stereocenters. The summed E-state index contributed by atoms with van der Waals surface area (Å²) in [5.41, 5.74) is 0.951. The molecule has 92 valence electrons. The molecule has 0 bridgehead atoms. The van der Waals surface area contributed by atoms with Gasteiger partial charge in [-0.15, -0.1) is 11.3 Å². The Morgan fingerprint density at radius 3 is 2.88 bits per heavy atom. The molecule has 0 aliphatic heterocycles. The second-order valence-corrected chi connectivity index (χ2v) is 7.74. The fourth-order valence-electron chi connectivity index (χ4n) is 1.32. The van der Waals surface area contributed by atoms with Gasteiger partial charge in [-0.1, -0.05) is 0 Å². The van der Waals surface area contributed by atoms with Crippen LogP contribution in [0.15, 0.2) is 32.8 Å². The number of hydrogen-bond acceptors (Lipinski definition) is 4. The van der Waals surface area contributed by atoms with Crippen molar-refractivity contribution < 1.29 is 8.42 Å². The summed E-state index contributed by atoms with van der Waals surface area (Å²) in [5.74, 6) is 0. The van der Waals surface area contributed by atoms with E-state index >= 15 is 0 Å². The number of aromatic amines is 1. The molecule has 2 aromatic heterocycles. The van der Waals surface area contributed by atoms with Crippen LogP contribution in [0.3, 0.4) is 0 Å². The Morgan fingerprint density at radius 2 is 2.35 bits per heavy atom. The number of sulfonamides is 1. The van der Waals surface area contributed by atoms with E-state index in [0.717, 1.165) is 9.35 Å². The minimum absolute atomic E-state index is 0.106. The minimum Gasteiger partial charge on any atom is -0.335 e. The third-order valence-corrected chi connectivity index (χ3v) is 5.47. The Bertz CT molecular complexity index is 592. The highest BCUT2D eigenvalue weighted by atomic mass is 79.9. The van der Waals surface area contributed by atoms with Crippen LogP contribution in [0.5, 0.6) is 0 Å². The van der Waals surface area contributed by atoms with E-state index in [2.05, 4.69) is 25.9 Å². The highest BCUT2D eigenvalue weighted by Gasteiger charge is 2.22. The van der Waals surface area contributed by atoms with Crippen molar-refractivity contribution in [1.82, 2.24) is 14.3 Å². The molecule has 0 radical (unpaired) electrons. The van der Waals surface area contributed by atoms with Gasteiger partial charge in [0.25, 0.3) is 10.0 Å². The summed E-state index contributed by atoms with van der Waals surface area (Å²) >= 11 is 4.88. The van der Waals surface area contributed by atoms with Crippen molar-refractivity contribution in [1.29, 1.82) is 0 Å². The fourth-order valence-corrected chi connectivity index (χ4v) is 3.57. The summed E-state index contributed by atoms with van der Waals surface area (Å²) < 4.78 is 26.4. The summed E-state index contributed by atoms with van der Waals surface area (Å²) in [6.45, 7) is 0.337. The van der Waals surface area contributed by atoms with E-state index in [4.69, 9.17) is 0 Å². The number of imidazole rings is 1. The Morgan fingerprint density at radius 1 is 1.59 bits per heavy atom. The monoisotopic (exact) mass is 335 g/mol. The third-order valence-electron chi connectivity index (χ3n) is 2.19. The summed E-state index contributed by atoms with van der Waals surface area (Å²) in [5, 5.41) is 2.03. The lowest BCUT2D eigenvalue weighted by Crippen LogP contribution is -2.26. The van der Waals surface area contributed by atoms with Crippen molar-refractivity contribution in [2.45, 2.75) is 11.6 Å². The van der Waals surface area contributed by atoms with Gasteiger partial charge in [-0.3, -0.25) is 0 Å². The minimum atomic E-state index is -3.48. The lowest BCUT2D eigenvalue weighted by Gasteiger charge is -2.14. The molecule has 2 heterocycles. The van der Waals surface area contributed by atoms with Crippen LogP contribution < -0.4 is 0 Å². The third kappa shape index (κ3) is 2.76. The Kier molecular flexibility index (Phi) is 3.67. The molecule has 0 saturated heterocycles. The molecule has 8 heteroatoms. The van der Waals surface area contributed by atoms with E-state index in [-0.39, 0.29) is 5.03 Å². The average molecular weight is 336 g/mol. The highest BCUT2D eigenvalue weighted by Crippen LogP contribution is 2.23. The maximum atomic E-state index is 12.1. The van der Waals surface area contributed by atoms with E-state index in [9.17, 15) is 8.42 Å². The predicted octanol–water partition coefficient (Wildman–Crippen LogP) is 2.05. The van der Waals surface area contributed by atoms with Gasteiger partial charge in [-0.05, 0) is 32.9 Å². The zero-order chi connectivity index (χ0) is 12.5. The van der Waals surface area contributed by atoms with Gasteiger partial charge in [0.1, 0.15) is 0 Å². The predicted molar refractivity (Wildman–Crippen MR) is 69.3 cm³/mol. The van der Waals surface area contributed by atoms with Crippen LogP contribution in [0.25, 0.3) is 0 Å². The molecule has 0 aliphatic rings. The number of halogens is 1. The SMILES string of the molecule is CN(Cc1csc(Br)c1)S(=O)(=O)c1cnc[nH]1. The van der Waals surface area contributed by atoms with Crippen LogP contribution >= 0.6 is 27.3 Å². The maximum absolute atomic E-state index is 12.1. The Balaban J connectivity index is 2.18. The molecule has 0 spiro atoms. The summed E-state index contributed by atoms with van der Waals surface area (Å²) in [6.07, 6.45) is 2.65. The van der Waals surface area contributed by atoms with Crippen molar-refractivity contribution in [2.24, 2.45) is 0 Å². The molecule has 0 aromatic carbocycles. The Hall–Kier alpha value is -0.700. The van der Waals surface area contributed by atoms with Crippen LogP contribution in [0.1, 0.15) is 5.56 Å². The molecule has 17 heavy (non-hydrogen) atoms. The van der Waals surface area contributed by atoms with Crippen LogP contribution in [0.4, 0.5) is 0 Å². The first kappa shape index (κ1) is 12.7. The number of aromatic nitrogens is 2. The molecule has 1 N–H and O–H groups in total. The molecule has 2 aromatic rings. The standard InChI is InChI=1S/C9H10BrN3O2S2/c1-13(4-7-2-8(10)16-5-7)17(14,15)9-3-11-6-12-9/h2-3,5-6H,4H2,1H3,(H,11,12). The fraction of sp³-hybridized carbons (Fsp3) is 0.222. The van der Waals surface area contributed by atoms with Crippen LogP contribution in [0, 0.1) is 0 Å². The van der Waals surface area contributed by atoms with Gasteiger partial charge in [0.15, 0.2) is 5.03 Å². The van der Waals surface area contributed by atoms with Gasteiger partial charge in [0.05, 0.1) is 16.3 Å². The molecule has 0 fully saturated rings. The normalized spacial score (nSPS) is 12.2. The maximum Gasteiger partial charge on any atom is 0.260 e. The quantitative estimate of drug-likeness (QED) is 0.929. The molecule has 0 saturated carbocycles. The summed E-state index contributed by atoms with van der Waals surface area (Å²) in [4.78, 5) is 6.32. The van der Waals surface area contributed by atoms with Gasteiger partial charge >= 0.3 is 0 Å². The number of hydrogen-bond donors (Lipinski definition) is 1. The van der Waals surface area contributed by atoms with E-state index in [1.807, 2.05) is 11.4 Å². The molecule has 0 atom stereocenters. The smallest absolute Gasteiger partial charge is 0.260 e. The van der Waals surface area contributed by atoms with E-state index in [1.165, 1.54) is 28.2 Å². The van der Waals surface area contributed by atoms with Crippen molar-refractivity contribution in [2.75, 3.05) is 7.05 Å². The van der Waals surface area contributed by atoms with Crippen LogP contribution in [0.2, 0.25) is 0 Å². The van der Waals surface area contributed by atoms with Gasteiger partial charge in [0.2, 0.25) is 0 Å². The van der Waals surface area contributed by atoms with Crippen molar-refractivity contribution >= 4 is 37.3 Å². The summed E-state index contributed by atoms with van der Waals surface area (Å²) in [7, 11) is -1.94. The summed E-state index contributed by atoms with van der Waals surface area (Å²) in [6, 6.07) is 1.91. The van der Waals surface area contributed by atoms with Crippen LogP contribution in [-0.4, -0.2) is 29.7 Å². The molecule has 0 aliphatic carbocycles. The van der Waals surface area contributed by atoms with Gasteiger partial charge in [-0.25, -0.2) is 13.4 Å².